The summed E-state index contributed by atoms with van der Waals surface area (Å²) in [4.78, 5) is 24.0. The van der Waals surface area contributed by atoms with E-state index in [1.54, 1.807) is 7.05 Å². The molecule has 0 spiro atoms. The van der Waals surface area contributed by atoms with Gasteiger partial charge in [0, 0.05) is 19.2 Å². The molecule has 2 aromatic heterocycles. The highest BCUT2D eigenvalue weighted by Crippen LogP contribution is 2.33. The molecule has 9 heteroatoms. The van der Waals surface area contributed by atoms with Gasteiger partial charge in [-0.25, -0.2) is 4.98 Å². The molecule has 0 radical (unpaired) electrons. The zero-order valence-corrected chi connectivity index (χ0v) is 20.4. The van der Waals surface area contributed by atoms with Crippen LogP contribution in [0.1, 0.15) is 12.0 Å². The van der Waals surface area contributed by atoms with E-state index >= 15 is 0 Å². The lowest BCUT2D eigenvalue weighted by molar-refractivity contribution is -0.119. The summed E-state index contributed by atoms with van der Waals surface area (Å²) >= 11 is 6.59. The first-order valence-corrected chi connectivity index (χ1v) is 12.3. The van der Waals surface area contributed by atoms with Gasteiger partial charge in [0.2, 0.25) is 5.91 Å². The molecule has 2 aliphatic rings. The highest BCUT2D eigenvalue weighted by atomic mass is 35.5. The average molecular weight is 505 g/mol. The van der Waals surface area contributed by atoms with E-state index in [2.05, 4.69) is 15.3 Å². The van der Waals surface area contributed by atoms with Crippen LogP contribution >= 0.6 is 11.6 Å². The zero-order valence-electron chi connectivity index (χ0n) is 19.7. The van der Waals surface area contributed by atoms with Gasteiger partial charge in [0.15, 0.2) is 11.8 Å². The number of ether oxygens (including phenoxy) is 3. The molecule has 2 saturated heterocycles. The number of carbonyl (C=O) groups excluding carboxylic acids is 1. The maximum atomic E-state index is 11.6. The first-order chi connectivity index (χ1) is 17.6. The van der Waals surface area contributed by atoms with Crippen LogP contribution < -0.4 is 10.1 Å². The molecule has 36 heavy (non-hydrogen) atoms. The Morgan fingerprint density at radius 2 is 1.81 bits per heavy atom. The standard InChI is InChI=1S/C27H25ClN4O4/c1-29-23(33)12-15-2-4-16(5-3-15)17-6-8-18(9-7-17)24-19(28)13-20-26(31-24)32-27(30-20)36-22-14-35-21-10-11-34-25(21)22/h2-9,13,21-22,25H,10-12,14H2,1H3,(H,29,33)(H,30,31,32). The molecular formula is C27H25ClN4O4. The number of benzene rings is 2. The van der Waals surface area contributed by atoms with Crippen LogP contribution in [0.2, 0.25) is 5.02 Å². The first kappa shape index (κ1) is 23.0. The molecular weight excluding hydrogens is 480 g/mol. The van der Waals surface area contributed by atoms with Crippen molar-refractivity contribution in [3.63, 3.8) is 0 Å². The van der Waals surface area contributed by atoms with Crippen molar-refractivity contribution in [2.75, 3.05) is 20.3 Å². The fourth-order valence-electron chi connectivity index (χ4n) is 4.74. The fourth-order valence-corrected chi connectivity index (χ4v) is 5.00. The molecule has 6 rings (SSSR count). The number of aromatic nitrogens is 3. The number of halogens is 1. The van der Waals surface area contributed by atoms with Gasteiger partial charge in [0.1, 0.15) is 6.10 Å². The van der Waals surface area contributed by atoms with Crippen molar-refractivity contribution < 1.29 is 19.0 Å². The van der Waals surface area contributed by atoms with E-state index in [4.69, 9.17) is 30.8 Å². The number of rotatable bonds is 6. The Bertz CT molecular complexity index is 1400. The third-order valence-corrected chi connectivity index (χ3v) is 6.97. The van der Waals surface area contributed by atoms with Crippen LogP contribution in [-0.4, -0.2) is 59.4 Å². The molecule has 3 unspecified atom stereocenters. The molecule has 184 valence electrons. The van der Waals surface area contributed by atoms with Gasteiger partial charge >= 0.3 is 0 Å². The minimum absolute atomic E-state index is 0.00642. The van der Waals surface area contributed by atoms with Crippen molar-refractivity contribution in [1.29, 1.82) is 0 Å². The van der Waals surface area contributed by atoms with Crippen LogP contribution in [0.25, 0.3) is 33.5 Å². The van der Waals surface area contributed by atoms with Gasteiger partial charge in [-0.05, 0) is 29.2 Å². The normalized spacial score (nSPS) is 21.0. The van der Waals surface area contributed by atoms with Crippen LogP contribution in [0.15, 0.2) is 54.6 Å². The monoisotopic (exact) mass is 504 g/mol. The maximum Gasteiger partial charge on any atom is 0.296 e. The summed E-state index contributed by atoms with van der Waals surface area (Å²) in [7, 11) is 1.64. The molecule has 2 N–H and O–H groups in total. The van der Waals surface area contributed by atoms with Crippen molar-refractivity contribution in [2.24, 2.45) is 0 Å². The van der Waals surface area contributed by atoms with E-state index in [-0.39, 0.29) is 24.2 Å². The second-order valence-electron chi connectivity index (χ2n) is 9.01. The van der Waals surface area contributed by atoms with Crippen molar-refractivity contribution in [1.82, 2.24) is 20.3 Å². The zero-order chi connectivity index (χ0) is 24.6. The number of imidazole rings is 1. The highest BCUT2D eigenvalue weighted by Gasteiger charge is 2.43. The number of hydrogen-bond acceptors (Lipinski definition) is 6. The highest BCUT2D eigenvalue weighted by molar-refractivity contribution is 6.33. The van der Waals surface area contributed by atoms with E-state index in [9.17, 15) is 4.79 Å². The van der Waals surface area contributed by atoms with Gasteiger partial charge in [-0.2, -0.15) is 4.98 Å². The molecule has 4 heterocycles. The minimum Gasteiger partial charge on any atom is -0.456 e. The van der Waals surface area contributed by atoms with Gasteiger partial charge in [-0.15, -0.1) is 0 Å². The summed E-state index contributed by atoms with van der Waals surface area (Å²) in [6.07, 6.45) is 1.11. The Balaban J connectivity index is 1.20. The number of carbonyl (C=O) groups is 1. The maximum absolute atomic E-state index is 11.6. The predicted octanol–water partition coefficient (Wildman–Crippen LogP) is 4.17. The Morgan fingerprint density at radius 3 is 2.56 bits per heavy atom. The van der Waals surface area contributed by atoms with E-state index in [1.165, 1.54) is 0 Å². The number of likely N-dealkylation sites (N-methyl/N-ethyl adjacent to an activating group) is 1. The number of pyridine rings is 1. The van der Waals surface area contributed by atoms with Crippen LogP contribution in [0.4, 0.5) is 0 Å². The van der Waals surface area contributed by atoms with Gasteiger partial charge in [-0.1, -0.05) is 60.1 Å². The van der Waals surface area contributed by atoms with Crippen LogP contribution in [0.5, 0.6) is 6.01 Å². The van der Waals surface area contributed by atoms with Crippen molar-refractivity contribution in [3.05, 3.63) is 65.2 Å². The molecule has 2 fully saturated rings. The molecule has 3 atom stereocenters. The van der Waals surface area contributed by atoms with Crippen LogP contribution in [0, 0.1) is 0 Å². The number of hydrogen-bond donors (Lipinski definition) is 2. The number of aromatic amines is 1. The van der Waals surface area contributed by atoms with E-state index in [0.29, 0.717) is 47.5 Å². The first-order valence-electron chi connectivity index (χ1n) is 11.9. The smallest absolute Gasteiger partial charge is 0.296 e. The molecule has 2 aromatic carbocycles. The third kappa shape index (κ3) is 4.43. The van der Waals surface area contributed by atoms with Crippen molar-refractivity contribution >= 4 is 28.7 Å². The summed E-state index contributed by atoms with van der Waals surface area (Å²) in [6.45, 7) is 1.17. The Morgan fingerprint density at radius 1 is 1.08 bits per heavy atom. The minimum atomic E-state index is -0.196. The lowest BCUT2D eigenvalue weighted by Gasteiger charge is -2.15. The molecule has 4 aromatic rings. The topological polar surface area (TPSA) is 98.4 Å². The fraction of sp³-hybridized carbons (Fsp3) is 0.296. The predicted molar refractivity (Wildman–Crippen MR) is 136 cm³/mol. The van der Waals surface area contributed by atoms with Crippen molar-refractivity contribution in [2.45, 2.75) is 31.2 Å². The average Bonchev–Trinajstić information content (AvgIpc) is 3.61. The quantitative estimate of drug-likeness (QED) is 0.409. The van der Waals surface area contributed by atoms with E-state index in [0.717, 1.165) is 28.7 Å². The van der Waals surface area contributed by atoms with Gasteiger partial charge in [0.05, 0.1) is 35.4 Å². The molecule has 2 aliphatic heterocycles. The molecule has 0 aliphatic carbocycles. The molecule has 0 bridgehead atoms. The molecule has 0 saturated carbocycles. The van der Waals surface area contributed by atoms with Gasteiger partial charge < -0.3 is 24.5 Å². The lowest BCUT2D eigenvalue weighted by Crippen LogP contribution is -2.32. The Hall–Kier alpha value is -3.46. The third-order valence-electron chi connectivity index (χ3n) is 6.68. The molecule has 8 nitrogen and oxygen atoms in total. The summed E-state index contributed by atoms with van der Waals surface area (Å²) in [5.74, 6) is -0.00642. The van der Waals surface area contributed by atoms with Crippen LogP contribution in [-0.2, 0) is 20.7 Å². The molecule has 1 amide bonds. The summed E-state index contributed by atoms with van der Waals surface area (Å²) in [5, 5.41) is 3.16. The van der Waals surface area contributed by atoms with Gasteiger partial charge in [-0.3, -0.25) is 4.79 Å². The Kier molecular flexibility index (Phi) is 6.08. The largest absolute Gasteiger partial charge is 0.456 e. The Labute approximate surface area is 213 Å². The van der Waals surface area contributed by atoms with Gasteiger partial charge in [0.25, 0.3) is 6.01 Å². The summed E-state index contributed by atoms with van der Waals surface area (Å²) in [5.41, 5.74) is 5.87. The number of amides is 1. The number of H-pyrrole nitrogens is 1. The lowest BCUT2D eigenvalue weighted by atomic mass is 10.0. The number of nitrogens with one attached hydrogen (secondary N) is 2. The van der Waals surface area contributed by atoms with Crippen molar-refractivity contribution in [3.8, 4) is 28.4 Å². The second kappa shape index (κ2) is 9.54. The van der Waals surface area contributed by atoms with E-state index in [1.807, 2.05) is 54.6 Å². The SMILES string of the molecule is CNC(=O)Cc1ccc(-c2ccc(-c3nc4nc(OC5COC6CCOC65)[nH]c4cc3Cl)cc2)cc1. The summed E-state index contributed by atoms with van der Waals surface area (Å²) < 4.78 is 17.5. The second-order valence-corrected chi connectivity index (χ2v) is 9.42. The van der Waals surface area contributed by atoms with Crippen LogP contribution in [0.3, 0.4) is 0 Å². The number of fused-ring (bicyclic) bond motifs is 2. The van der Waals surface area contributed by atoms with E-state index < -0.39 is 0 Å². The summed E-state index contributed by atoms with van der Waals surface area (Å²) in [6, 6.07) is 18.2. The number of nitrogens with zero attached hydrogens (tertiary/aromatic N) is 2.